The Morgan fingerprint density at radius 2 is 1.86 bits per heavy atom. The van der Waals surface area contributed by atoms with E-state index >= 15 is 0 Å². The lowest BCUT2D eigenvalue weighted by Gasteiger charge is -2.25. The van der Waals surface area contributed by atoms with Crippen LogP contribution in [0.4, 0.5) is 17.6 Å². The van der Waals surface area contributed by atoms with Gasteiger partial charge in [-0.2, -0.15) is 0 Å². The summed E-state index contributed by atoms with van der Waals surface area (Å²) in [6.45, 7) is -2.39. The summed E-state index contributed by atoms with van der Waals surface area (Å²) in [6, 6.07) is 0. The molecule has 0 heterocycles. The first-order chi connectivity index (χ1) is 6.47. The number of alkyl halides is 1. The van der Waals surface area contributed by atoms with Crippen LogP contribution in [0.25, 0.3) is 0 Å². The molecular weight excluding hydrogens is 204 g/mol. The van der Waals surface area contributed by atoms with Crippen molar-refractivity contribution in [2.24, 2.45) is 5.92 Å². The molecule has 0 aromatic carbocycles. The monoisotopic (exact) mass is 212 g/mol. The highest BCUT2D eigenvalue weighted by Gasteiger charge is 2.47. The predicted octanol–water partition coefficient (Wildman–Crippen LogP) is 1.31. The molecule has 2 N–H and O–H groups in total. The van der Waals surface area contributed by atoms with Crippen molar-refractivity contribution in [1.29, 1.82) is 0 Å². The molecule has 14 heavy (non-hydrogen) atoms. The van der Waals surface area contributed by atoms with Crippen molar-refractivity contribution in [2.45, 2.75) is 5.67 Å². The number of hydrogen-bond acceptors (Lipinski definition) is 2. The Balaban J connectivity index is 3.16. The highest BCUT2D eigenvalue weighted by Crippen LogP contribution is 2.41. The largest absolute Gasteiger partial charge is 0.395 e. The smallest absolute Gasteiger partial charge is 0.237 e. The van der Waals surface area contributed by atoms with E-state index < -0.39 is 42.3 Å². The van der Waals surface area contributed by atoms with E-state index in [1.807, 2.05) is 0 Å². The van der Waals surface area contributed by atoms with Crippen LogP contribution in [0.3, 0.4) is 0 Å². The lowest BCUT2D eigenvalue weighted by molar-refractivity contribution is 0.0798. The highest BCUT2D eigenvalue weighted by atomic mass is 19.2. The van der Waals surface area contributed by atoms with Crippen molar-refractivity contribution >= 4 is 0 Å². The first-order valence-corrected chi connectivity index (χ1v) is 3.81. The molecule has 0 amide bonds. The number of hydrogen-bond donors (Lipinski definition) is 2. The molecule has 0 aromatic heterocycles. The van der Waals surface area contributed by atoms with Crippen LogP contribution in [-0.2, 0) is 0 Å². The number of aliphatic hydroxyl groups excluding tert-OH is 2. The first kappa shape index (κ1) is 11.2. The van der Waals surface area contributed by atoms with Crippen molar-refractivity contribution in [1.82, 2.24) is 0 Å². The van der Waals surface area contributed by atoms with Crippen LogP contribution in [0.15, 0.2) is 23.6 Å². The van der Waals surface area contributed by atoms with Gasteiger partial charge in [0.15, 0.2) is 5.83 Å². The van der Waals surface area contributed by atoms with Gasteiger partial charge in [0.1, 0.15) is 11.7 Å². The molecule has 1 aliphatic carbocycles. The molecule has 0 saturated heterocycles. The maximum atomic E-state index is 13.2. The third-order valence-corrected chi connectivity index (χ3v) is 2.02. The van der Waals surface area contributed by atoms with E-state index in [-0.39, 0.29) is 0 Å². The van der Waals surface area contributed by atoms with Crippen molar-refractivity contribution in [2.75, 3.05) is 13.2 Å². The summed E-state index contributed by atoms with van der Waals surface area (Å²) in [5, 5.41) is 16.9. The summed E-state index contributed by atoms with van der Waals surface area (Å²) in [6.07, 6.45) is 0.411. The molecule has 0 aromatic rings. The highest BCUT2D eigenvalue weighted by molar-refractivity contribution is 5.34. The van der Waals surface area contributed by atoms with Crippen LogP contribution < -0.4 is 0 Å². The molecule has 0 fully saturated rings. The van der Waals surface area contributed by atoms with Crippen LogP contribution in [0.5, 0.6) is 0 Å². The molecule has 0 aliphatic heterocycles. The summed E-state index contributed by atoms with van der Waals surface area (Å²) in [7, 11) is 0. The lowest BCUT2D eigenvalue weighted by Crippen LogP contribution is -2.34. The summed E-state index contributed by atoms with van der Waals surface area (Å²) in [4.78, 5) is 0. The topological polar surface area (TPSA) is 40.5 Å². The summed E-state index contributed by atoms with van der Waals surface area (Å²) >= 11 is 0. The fourth-order valence-corrected chi connectivity index (χ4v) is 1.12. The molecule has 2 unspecified atom stereocenters. The average molecular weight is 212 g/mol. The van der Waals surface area contributed by atoms with Crippen LogP contribution in [0.1, 0.15) is 0 Å². The van der Waals surface area contributed by atoms with Gasteiger partial charge in [-0.25, -0.2) is 17.6 Å². The quantitative estimate of drug-likeness (QED) is 0.677. The lowest BCUT2D eigenvalue weighted by atomic mass is 9.91. The Morgan fingerprint density at radius 1 is 1.29 bits per heavy atom. The molecule has 6 heteroatoms. The minimum absolute atomic E-state index is 0.411. The van der Waals surface area contributed by atoms with E-state index in [4.69, 9.17) is 10.2 Å². The van der Waals surface area contributed by atoms with Gasteiger partial charge in [-0.05, 0) is 6.08 Å². The van der Waals surface area contributed by atoms with Gasteiger partial charge in [0.25, 0.3) is 0 Å². The second kappa shape index (κ2) is 3.70. The molecule has 2 nitrogen and oxygen atoms in total. The van der Waals surface area contributed by atoms with Gasteiger partial charge in [0.05, 0.1) is 19.1 Å². The summed E-state index contributed by atoms with van der Waals surface area (Å²) < 4.78 is 51.8. The Labute approximate surface area is 77.2 Å². The molecule has 1 aliphatic rings. The SMILES string of the molecule is OCC1C=C(F)C(F)(CO)C(F)=C1F. The van der Waals surface area contributed by atoms with Crippen molar-refractivity contribution in [3.63, 3.8) is 0 Å². The first-order valence-electron chi connectivity index (χ1n) is 3.81. The van der Waals surface area contributed by atoms with E-state index in [0.29, 0.717) is 6.08 Å². The van der Waals surface area contributed by atoms with E-state index in [2.05, 4.69) is 0 Å². The van der Waals surface area contributed by atoms with Gasteiger partial charge in [0, 0.05) is 0 Å². The molecule has 0 saturated carbocycles. The normalized spacial score (nSPS) is 33.3. The van der Waals surface area contributed by atoms with Crippen LogP contribution >= 0.6 is 0 Å². The minimum atomic E-state index is -3.43. The second-order valence-corrected chi connectivity index (χ2v) is 2.92. The van der Waals surface area contributed by atoms with Crippen molar-refractivity contribution in [3.8, 4) is 0 Å². The van der Waals surface area contributed by atoms with Gasteiger partial charge in [-0.1, -0.05) is 0 Å². The van der Waals surface area contributed by atoms with Crippen molar-refractivity contribution in [3.05, 3.63) is 23.6 Å². The maximum Gasteiger partial charge on any atom is 0.237 e. The van der Waals surface area contributed by atoms with E-state index in [1.165, 1.54) is 0 Å². The van der Waals surface area contributed by atoms with Gasteiger partial charge in [-0.15, -0.1) is 0 Å². The average Bonchev–Trinajstić information content (AvgIpc) is 2.20. The molecule has 1 rings (SSSR count). The minimum Gasteiger partial charge on any atom is -0.395 e. The zero-order chi connectivity index (χ0) is 10.9. The van der Waals surface area contributed by atoms with Gasteiger partial charge < -0.3 is 10.2 Å². The Hall–Kier alpha value is -0.880. The summed E-state index contributed by atoms with van der Waals surface area (Å²) in [5.74, 6) is -6.76. The molecular formula is C8H8F4O2. The number of halogens is 4. The van der Waals surface area contributed by atoms with E-state index in [0.717, 1.165) is 0 Å². The molecule has 0 spiro atoms. The zero-order valence-corrected chi connectivity index (χ0v) is 6.98. The van der Waals surface area contributed by atoms with Gasteiger partial charge in [0.2, 0.25) is 5.67 Å². The van der Waals surface area contributed by atoms with Gasteiger partial charge >= 0.3 is 0 Å². The summed E-state index contributed by atoms with van der Waals surface area (Å²) in [5.41, 5.74) is -3.43. The zero-order valence-electron chi connectivity index (χ0n) is 6.98. The molecule has 2 atom stereocenters. The van der Waals surface area contributed by atoms with Gasteiger partial charge in [-0.3, -0.25) is 0 Å². The fraction of sp³-hybridized carbons (Fsp3) is 0.500. The standard InChI is InChI=1S/C8H8F4O2/c9-5-1-4(2-13)6(10)7(11)8(5,12)3-14/h1,4,13-14H,2-3H2. The predicted molar refractivity (Wildman–Crippen MR) is 39.9 cm³/mol. The number of aliphatic hydroxyl groups is 2. The maximum absolute atomic E-state index is 13.2. The fourth-order valence-electron chi connectivity index (χ4n) is 1.12. The third kappa shape index (κ3) is 1.44. The molecule has 0 bridgehead atoms. The third-order valence-electron chi connectivity index (χ3n) is 2.02. The molecule has 0 radical (unpaired) electrons. The Morgan fingerprint density at radius 3 is 2.29 bits per heavy atom. The van der Waals surface area contributed by atoms with Crippen molar-refractivity contribution < 1.29 is 27.8 Å². The van der Waals surface area contributed by atoms with Crippen LogP contribution in [0, 0.1) is 5.92 Å². The van der Waals surface area contributed by atoms with Crippen LogP contribution in [0.2, 0.25) is 0 Å². The van der Waals surface area contributed by atoms with Crippen LogP contribution in [-0.4, -0.2) is 29.1 Å². The van der Waals surface area contributed by atoms with E-state index in [1.54, 1.807) is 0 Å². The molecule has 80 valence electrons. The second-order valence-electron chi connectivity index (χ2n) is 2.92. The number of rotatable bonds is 2. The Kier molecular flexibility index (Phi) is 2.96. The Bertz CT molecular complexity index is 300. The van der Waals surface area contributed by atoms with E-state index in [9.17, 15) is 17.6 Å².